The number of benzene rings is 1. The molecule has 30 heavy (non-hydrogen) atoms. The van der Waals surface area contributed by atoms with Crippen LogP contribution in [0, 0.1) is 5.92 Å². The molecular weight excluding hydrogens is 384 g/mol. The Labute approximate surface area is 178 Å². The van der Waals surface area contributed by atoms with Crippen LogP contribution in [0.3, 0.4) is 0 Å². The second-order valence-corrected chi connectivity index (χ2v) is 8.50. The fourth-order valence-electron chi connectivity index (χ4n) is 5.14. The summed E-state index contributed by atoms with van der Waals surface area (Å²) in [7, 11) is 3.13. The molecule has 164 valence electrons. The molecule has 3 aliphatic heterocycles. The van der Waals surface area contributed by atoms with Crippen molar-refractivity contribution in [1.82, 2.24) is 9.80 Å². The van der Waals surface area contributed by atoms with E-state index in [-0.39, 0.29) is 24.0 Å². The first kappa shape index (κ1) is 21.0. The second kappa shape index (κ2) is 9.25. The van der Waals surface area contributed by atoms with Crippen LogP contribution in [0.15, 0.2) is 18.2 Å². The number of carbonyl (C=O) groups is 2. The van der Waals surface area contributed by atoms with Gasteiger partial charge in [0.2, 0.25) is 5.91 Å². The van der Waals surface area contributed by atoms with E-state index < -0.39 is 0 Å². The Morgan fingerprint density at radius 3 is 2.70 bits per heavy atom. The van der Waals surface area contributed by atoms with Gasteiger partial charge in [-0.3, -0.25) is 9.59 Å². The van der Waals surface area contributed by atoms with E-state index in [1.807, 2.05) is 15.9 Å². The number of ether oxygens (including phenoxy) is 3. The lowest BCUT2D eigenvalue weighted by Crippen LogP contribution is -2.45. The Kier molecular flexibility index (Phi) is 6.46. The summed E-state index contributed by atoms with van der Waals surface area (Å²) >= 11 is 0. The van der Waals surface area contributed by atoms with Crippen molar-refractivity contribution < 1.29 is 23.8 Å². The molecule has 4 rings (SSSR count). The minimum absolute atomic E-state index is 0.0453. The predicted molar refractivity (Wildman–Crippen MR) is 112 cm³/mol. The number of fused-ring (bicyclic) bond motifs is 1. The number of carbonyl (C=O) groups excluding carboxylic acids is 2. The normalized spacial score (nSPS) is 26.3. The van der Waals surface area contributed by atoms with E-state index in [1.165, 1.54) is 0 Å². The topological polar surface area (TPSA) is 68.3 Å². The van der Waals surface area contributed by atoms with Gasteiger partial charge in [-0.1, -0.05) is 12.5 Å². The highest BCUT2D eigenvalue weighted by Gasteiger charge is 2.42. The van der Waals surface area contributed by atoms with Crippen LogP contribution in [0.5, 0.6) is 11.5 Å². The maximum atomic E-state index is 13.6. The van der Waals surface area contributed by atoms with Crippen LogP contribution in [-0.2, 0) is 9.53 Å². The summed E-state index contributed by atoms with van der Waals surface area (Å²) in [4.78, 5) is 30.3. The summed E-state index contributed by atoms with van der Waals surface area (Å²) in [6.07, 6.45) is 5.62. The lowest BCUT2D eigenvalue weighted by Gasteiger charge is -2.31. The highest BCUT2D eigenvalue weighted by atomic mass is 16.5. The lowest BCUT2D eigenvalue weighted by atomic mass is 9.98. The molecule has 0 saturated carbocycles. The van der Waals surface area contributed by atoms with Crippen LogP contribution in [-0.4, -0.2) is 74.2 Å². The Balaban J connectivity index is 1.52. The molecule has 0 radical (unpaired) electrons. The predicted octanol–water partition coefficient (Wildman–Crippen LogP) is 2.73. The third-order valence-corrected chi connectivity index (χ3v) is 6.70. The van der Waals surface area contributed by atoms with Crippen LogP contribution >= 0.6 is 0 Å². The molecule has 3 fully saturated rings. The van der Waals surface area contributed by atoms with Gasteiger partial charge in [0.05, 0.1) is 38.3 Å². The molecule has 0 unspecified atom stereocenters. The molecule has 2 amide bonds. The van der Waals surface area contributed by atoms with Crippen molar-refractivity contribution in [3.63, 3.8) is 0 Å². The molecule has 3 heterocycles. The van der Waals surface area contributed by atoms with Gasteiger partial charge in [-0.05, 0) is 43.7 Å². The standard InChI is InChI=1S/C23H32N2O5/c1-28-20-10-5-9-18(22(20)29-2)23(27)25-11-4-3-7-16-14-24(15-19(16)25)21(26)13-17-8-6-12-30-17/h5,9-10,16-17,19H,3-4,6-8,11-15H2,1-2H3/t16-,17-,19-/m1/s1. The zero-order valence-electron chi connectivity index (χ0n) is 18.0. The van der Waals surface area contributed by atoms with Gasteiger partial charge in [0.25, 0.3) is 5.91 Å². The van der Waals surface area contributed by atoms with E-state index in [1.54, 1.807) is 26.4 Å². The molecule has 1 aromatic carbocycles. The first-order chi connectivity index (χ1) is 14.6. The van der Waals surface area contributed by atoms with Gasteiger partial charge in [-0.25, -0.2) is 0 Å². The molecule has 0 bridgehead atoms. The molecular formula is C23H32N2O5. The first-order valence-corrected chi connectivity index (χ1v) is 11.0. The van der Waals surface area contributed by atoms with Crippen LogP contribution in [0.1, 0.15) is 48.9 Å². The van der Waals surface area contributed by atoms with E-state index in [4.69, 9.17) is 14.2 Å². The molecule has 0 aliphatic carbocycles. The Morgan fingerprint density at radius 1 is 1.10 bits per heavy atom. The smallest absolute Gasteiger partial charge is 0.258 e. The van der Waals surface area contributed by atoms with Crippen molar-refractivity contribution >= 4 is 11.8 Å². The SMILES string of the molecule is COc1cccc(C(=O)N2CCCC[C@@H]3CN(C(=O)C[C@H]4CCCO4)C[C@H]32)c1OC. The molecule has 3 aliphatic rings. The molecule has 0 spiro atoms. The number of likely N-dealkylation sites (tertiary alicyclic amines) is 2. The molecule has 0 aromatic heterocycles. The Morgan fingerprint density at radius 2 is 1.97 bits per heavy atom. The minimum atomic E-state index is -0.0453. The zero-order valence-corrected chi connectivity index (χ0v) is 18.0. The van der Waals surface area contributed by atoms with Crippen molar-refractivity contribution in [2.24, 2.45) is 5.92 Å². The van der Waals surface area contributed by atoms with Crippen LogP contribution in [0.2, 0.25) is 0 Å². The summed E-state index contributed by atoms with van der Waals surface area (Å²) in [5.41, 5.74) is 0.515. The molecule has 1 aromatic rings. The van der Waals surface area contributed by atoms with Crippen molar-refractivity contribution in [2.75, 3.05) is 40.5 Å². The van der Waals surface area contributed by atoms with Gasteiger partial charge in [0.15, 0.2) is 11.5 Å². The summed E-state index contributed by atoms with van der Waals surface area (Å²) < 4.78 is 16.5. The maximum absolute atomic E-state index is 13.6. The average molecular weight is 417 g/mol. The highest BCUT2D eigenvalue weighted by molar-refractivity contribution is 5.98. The van der Waals surface area contributed by atoms with E-state index in [0.717, 1.165) is 45.3 Å². The number of para-hydroxylation sites is 1. The van der Waals surface area contributed by atoms with E-state index >= 15 is 0 Å². The number of rotatable bonds is 5. The number of amides is 2. The molecule has 7 heteroatoms. The first-order valence-electron chi connectivity index (χ1n) is 11.0. The third-order valence-electron chi connectivity index (χ3n) is 6.70. The summed E-state index contributed by atoms with van der Waals surface area (Å²) in [5, 5.41) is 0. The fourth-order valence-corrected chi connectivity index (χ4v) is 5.14. The second-order valence-electron chi connectivity index (χ2n) is 8.50. The Hall–Kier alpha value is -2.28. The molecule has 0 N–H and O–H groups in total. The number of methoxy groups -OCH3 is 2. The van der Waals surface area contributed by atoms with E-state index in [0.29, 0.717) is 42.5 Å². The van der Waals surface area contributed by atoms with E-state index in [2.05, 4.69) is 0 Å². The van der Waals surface area contributed by atoms with Crippen molar-refractivity contribution in [1.29, 1.82) is 0 Å². The highest BCUT2D eigenvalue weighted by Crippen LogP contribution is 2.35. The van der Waals surface area contributed by atoms with Crippen LogP contribution in [0.4, 0.5) is 0 Å². The summed E-state index contributed by atoms with van der Waals surface area (Å²) in [6, 6.07) is 5.45. The van der Waals surface area contributed by atoms with Crippen molar-refractivity contribution in [3.05, 3.63) is 23.8 Å². The minimum Gasteiger partial charge on any atom is -0.493 e. The average Bonchev–Trinajstić information content (AvgIpc) is 3.39. The molecule has 3 atom stereocenters. The van der Waals surface area contributed by atoms with Crippen LogP contribution in [0.25, 0.3) is 0 Å². The van der Waals surface area contributed by atoms with Crippen molar-refractivity contribution in [2.45, 2.75) is 50.7 Å². The Bertz CT molecular complexity index is 777. The summed E-state index contributed by atoms with van der Waals surface area (Å²) in [6.45, 7) is 2.80. The number of nitrogens with zero attached hydrogens (tertiary/aromatic N) is 2. The zero-order chi connectivity index (χ0) is 21.1. The summed E-state index contributed by atoms with van der Waals surface area (Å²) in [5.74, 6) is 1.45. The van der Waals surface area contributed by atoms with Gasteiger partial charge in [0.1, 0.15) is 0 Å². The monoisotopic (exact) mass is 416 g/mol. The van der Waals surface area contributed by atoms with Gasteiger partial charge < -0.3 is 24.0 Å². The van der Waals surface area contributed by atoms with Crippen LogP contribution < -0.4 is 9.47 Å². The van der Waals surface area contributed by atoms with E-state index in [9.17, 15) is 9.59 Å². The number of hydrogen-bond acceptors (Lipinski definition) is 5. The quantitative estimate of drug-likeness (QED) is 0.738. The largest absolute Gasteiger partial charge is 0.493 e. The number of hydrogen-bond donors (Lipinski definition) is 0. The third kappa shape index (κ3) is 4.13. The molecule has 7 nitrogen and oxygen atoms in total. The van der Waals surface area contributed by atoms with Crippen molar-refractivity contribution in [3.8, 4) is 11.5 Å². The lowest BCUT2D eigenvalue weighted by molar-refractivity contribution is -0.132. The van der Waals surface area contributed by atoms with Gasteiger partial charge >= 0.3 is 0 Å². The van der Waals surface area contributed by atoms with Gasteiger partial charge in [0, 0.05) is 26.2 Å². The fraction of sp³-hybridized carbons (Fsp3) is 0.652. The van der Waals surface area contributed by atoms with Gasteiger partial charge in [-0.2, -0.15) is 0 Å². The van der Waals surface area contributed by atoms with Gasteiger partial charge in [-0.15, -0.1) is 0 Å². The maximum Gasteiger partial charge on any atom is 0.258 e. The molecule has 3 saturated heterocycles.